The molecule has 0 saturated carbocycles. The molecular formula is C35H28N2. The molecule has 0 amide bonds. The number of anilines is 5. The third kappa shape index (κ3) is 4.70. The van der Waals surface area contributed by atoms with Gasteiger partial charge in [0.15, 0.2) is 0 Å². The molecule has 0 fully saturated rings. The zero-order valence-corrected chi connectivity index (χ0v) is 20.8. The Morgan fingerprint density at radius 2 is 0.784 bits per heavy atom. The van der Waals surface area contributed by atoms with Crippen molar-refractivity contribution in [2.75, 3.05) is 16.8 Å². The maximum atomic E-state index is 2.31. The summed E-state index contributed by atoms with van der Waals surface area (Å²) in [6.07, 6.45) is 0. The lowest BCUT2D eigenvalue weighted by molar-refractivity contribution is 1.21. The molecule has 178 valence electrons. The van der Waals surface area contributed by atoms with Gasteiger partial charge in [-0.05, 0) is 82.6 Å². The summed E-state index contributed by atoms with van der Waals surface area (Å²) in [5.74, 6) is 0. The van der Waals surface area contributed by atoms with E-state index in [0.29, 0.717) is 0 Å². The number of para-hydroxylation sites is 2. The molecule has 2 heteroatoms. The van der Waals surface area contributed by atoms with E-state index in [2.05, 4.69) is 162 Å². The minimum atomic E-state index is 1.13. The second-order valence-electron chi connectivity index (χ2n) is 9.19. The zero-order chi connectivity index (χ0) is 25.0. The Kier molecular flexibility index (Phi) is 6.14. The molecule has 0 bridgehead atoms. The molecule has 0 N–H and O–H groups in total. The SMILES string of the molecule is CN(c1ccccc1)c1ccc(-c2ccc(N(c3ccccc3)c3ccc4ccccc4c3)cc2)cc1. The van der Waals surface area contributed by atoms with Crippen LogP contribution >= 0.6 is 0 Å². The number of fused-ring (bicyclic) bond motifs is 1. The average Bonchev–Trinajstić information content (AvgIpc) is 2.98. The van der Waals surface area contributed by atoms with Crippen LogP contribution in [0.1, 0.15) is 0 Å². The maximum Gasteiger partial charge on any atom is 0.0468 e. The molecule has 0 spiro atoms. The van der Waals surface area contributed by atoms with Gasteiger partial charge in [-0.1, -0.05) is 91.0 Å². The fourth-order valence-corrected chi connectivity index (χ4v) is 4.82. The second kappa shape index (κ2) is 10.0. The van der Waals surface area contributed by atoms with Gasteiger partial charge in [0.1, 0.15) is 0 Å². The Bertz CT molecular complexity index is 1610. The molecule has 0 heterocycles. The summed E-state index contributed by atoms with van der Waals surface area (Å²) in [6, 6.07) is 53.7. The first-order valence-corrected chi connectivity index (χ1v) is 12.6. The number of hydrogen-bond acceptors (Lipinski definition) is 2. The van der Waals surface area contributed by atoms with Crippen LogP contribution in [-0.4, -0.2) is 7.05 Å². The molecule has 0 aliphatic rings. The van der Waals surface area contributed by atoms with E-state index in [1.54, 1.807) is 0 Å². The Hall–Kier alpha value is -4.82. The third-order valence-corrected chi connectivity index (χ3v) is 6.86. The quantitative estimate of drug-likeness (QED) is 0.236. The molecule has 0 aliphatic carbocycles. The van der Waals surface area contributed by atoms with Crippen LogP contribution in [0.25, 0.3) is 21.9 Å². The largest absolute Gasteiger partial charge is 0.345 e. The van der Waals surface area contributed by atoms with Crippen LogP contribution in [0.2, 0.25) is 0 Å². The first-order chi connectivity index (χ1) is 18.3. The molecule has 6 aromatic carbocycles. The fraction of sp³-hybridized carbons (Fsp3) is 0.0286. The van der Waals surface area contributed by atoms with Crippen LogP contribution in [0.15, 0.2) is 152 Å². The van der Waals surface area contributed by atoms with E-state index in [0.717, 1.165) is 22.7 Å². The van der Waals surface area contributed by atoms with Crippen molar-refractivity contribution >= 4 is 39.2 Å². The van der Waals surface area contributed by atoms with Crippen molar-refractivity contribution in [3.8, 4) is 11.1 Å². The van der Waals surface area contributed by atoms with Crippen molar-refractivity contribution in [1.82, 2.24) is 0 Å². The standard InChI is InChI=1S/C35H28N2/c1-36(31-12-4-2-5-13-31)32-21-16-28(17-22-32)29-18-23-34(24-19-29)37(33-14-6-3-7-15-33)35-25-20-27-10-8-9-11-30(27)26-35/h2-26H,1H3. The molecule has 6 rings (SSSR count). The lowest BCUT2D eigenvalue weighted by Gasteiger charge is -2.26. The van der Waals surface area contributed by atoms with Gasteiger partial charge >= 0.3 is 0 Å². The maximum absolute atomic E-state index is 2.31. The molecule has 0 atom stereocenters. The molecule has 0 aromatic heterocycles. The molecule has 0 aliphatic heterocycles. The topological polar surface area (TPSA) is 6.48 Å². The third-order valence-electron chi connectivity index (χ3n) is 6.86. The molecule has 2 nitrogen and oxygen atoms in total. The lowest BCUT2D eigenvalue weighted by Crippen LogP contribution is -2.09. The van der Waals surface area contributed by atoms with Gasteiger partial charge in [-0.15, -0.1) is 0 Å². The predicted octanol–water partition coefficient (Wildman–Crippen LogP) is 9.74. The van der Waals surface area contributed by atoms with Crippen molar-refractivity contribution in [3.63, 3.8) is 0 Å². The smallest absolute Gasteiger partial charge is 0.0468 e. The van der Waals surface area contributed by atoms with Crippen molar-refractivity contribution in [2.24, 2.45) is 0 Å². The Morgan fingerprint density at radius 1 is 0.351 bits per heavy atom. The molecule has 0 radical (unpaired) electrons. The number of benzene rings is 6. The van der Waals surface area contributed by atoms with Gasteiger partial charge in [-0.3, -0.25) is 0 Å². The van der Waals surface area contributed by atoms with Gasteiger partial charge in [-0.25, -0.2) is 0 Å². The van der Waals surface area contributed by atoms with E-state index in [1.807, 2.05) is 6.07 Å². The predicted molar refractivity (Wildman–Crippen MR) is 159 cm³/mol. The lowest BCUT2D eigenvalue weighted by atomic mass is 10.0. The van der Waals surface area contributed by atoms with Crippen molar-refractivity contribution in [2.45, 2.75) is 0 Å². The minimum Gasteiger partial charge on any atom is -0.345 e. The zero-order valence-electron chi connectivity index (χ0n) is 20.8. The van der Waals surface area contributed by atoms with E-state index >= 15 is 0 Å². The van der Waals surface area contributed by atoms with Crippen LogP contribution in [-0.2, 0) is 0 Å². The highest BCUT2D eigenvalue weighted by molar-refractivity contribution is 5.89. The van der Waals surface area contributed by atoms with Crippen molar-refractivity contribution in [3.05, 3.63) is 152 Å². The number of nitrogens with zero attached hydrogens (tertiary/aromatic N) is 2. The first-order valence-electron chi connectivity index (χ1n) is 12.6. The van der Waals surface area contributed by atoms with E-state index in [-0.39, 0.29) is 0 Å². The van der Waals surface area contributed by atoms with Crippen LogP contribution in [0.3, 0.4) is 0 Å². The van der Waals surface area contributed by atoms with Crippen LogP contribution in [0.5, 0.6) is 0 Å². The summed E-state index contributed by atoms with van der Waals surface area (Å²) in [5, 5.41) is 2.48. The van der Waals surface area contributed by atoms with E-state index in [9.17, 15) is 0 Å². The van der Waals surface area contributed by atoms with Gasteiger partial charge in [0.25, 0.3) is 0 Å². The van der Waals surface area contributed by atoms with Gasteiger partial charge in [0.2, 0.25) is 0 Å². The van der Waals surface area contributed by atoms with Crippen LogP contribution in [0, 0.1) is 0 Å². The highest BCUT2D eigenvalue weighted by atomic mass is 15.1. The number of rotatable bonds is 6. The Labute approximate surface area is 218 Å². The van der Waals surface area contributed by atoms with E-state index in [1.165, 1.54) is 27.6 Å². The van der Waals surface area contributed by atoms with Crippen molar-refractivity contribution in [1.29, 1.82) is 0 Å². The number of hydrogen-bond donors (Lipinski definition) is 0. The fourth-order valence-electron chi connectivity index (χ4n) is 4.82. The van der Waals surface area contributed by atoms with Gasteiger partial charge in [0.05, 0.1) is 0 Å². The summed E-state index contributed by atoms with van der Waals surface area (Å²) < 4.78 is 0. The summed E-state index contributed by atoms with van der Waals surface area (Å²) in [6.45, 7) is 0. The summed E-state index contributed by atoms with van der Waals surface area (Å²) >= 11 is 0. The van der Waals surface area contributed by atoms with Crippen molar-refractivity contribution < 1.29 is 0 Å². The molecule has 0 unspecified atom stereocenters. The normalized spacial score (nSPS) is 10.8. The Balaban J connectivity index is 1.31. The molecule has 6 aromatic rings. The minimum absolute atomic E-state index is 1.13. The van der Waals surface area contributed by atoms with Gasteiger partial charge in [0, 0.05) is 35.5 Å². The summed E-state index contributed by atoms with van der Waals surface area (Å²) in [4.78, 5) is 4.52. The van der Waals surface area contributed by atoms with E-state index < -0.39 is 0 Å². The highest BCUT2D eigenvalue weighted by Gasteiger charge is 2.13. The molecule has 37 heavy (non-hydrogen) atoms. The molecular weight excluding hydrogens is 448 g/mol. The summed E-state index contributed by atoms with van der Waals surface area (Å²) in [7, 11) is 2.10. The van der Waals surface area contributed by atoms with Crippen LogP contribution in [0.4, 0.5) is 28.4 Å². The average molecular weight is 477 g/mol. The molecule has 0 saturated heterocycles. The first kappa shape index (κ1) is 22.6. The van der Waals surface area contributed by atoms with Gasteiger partial charge in [-0.2, -0.15) is 0 Å². The van der Waals surface area contributed by atoms with Gasteiger partial charge < -0.3 is 9.80 Å². The highest BCUT2D eigenvalue weighted by Crippen LogP contribution is 2.37. The Morgan fingerprint density at radius 3 is 1.41 bits per heavy atom. The van der Waals surface area contributed by atoms with Crippen LogP contribution < -0.4 is 9.80 Å². The monoisotopic (exact) mass is 476 g/mol. The summed E-state index contributed by atoms with van der Waals surface area (Å²) in [5.41, 5.74) is 8.15. The van der Waals surface area contributed by atoms with E-state index in [4.69, 9.17) is 0 Å². The second-order valence-corrected chi connectivity index (χ2v) is 9.19.